The predicted molar refractivity (Wildman–Crippen MR) is 39.8 cm³/mol. The molecule has 1 saturated carbocycles. The fourth-order valence-corrected chi connectivity index (χ4v) is 1.01. The maximum Gasteiger partial charge on any atom is 0.488 e. The Kier molecular flexibility index (Phi) is 6.66. The van der Waals surface area contributed by atoms with E-state index in [2.05, 4.69) is 10.3 Å². The summed E-state index contributed by atoms with van der Waals surface area (Å²) in [5.41, 5.74) is 3.94. The molecule has 1 aliphatic carbocycles. The van der Waals surface area contributed by atoms with Crippen molar-refractivity contribution in [1.82, 2.24) is 0 Å². The van der Waals surface area contributed by atoms with Crippen LogP contribution >= 0.6 is 8.25 Å². The van der Waals surface area contributed by atoms with Crippen LogP contribution in [0.5, 0.6) is 0 Å². The van der Waals surface area contributed by atoms with Gasteiger partial charge in [0.1, 0.15) is 0 Å². The SMILES string of the molecule is CO[P+](=O)[O-].[NH3+]C1CCCC1. The molecule has 1 aliphatic rings. The van der Waals surface area contributed by atoms with Crippen LogP contribution in [0.25, 0.3) is 0 Å². The Morgan fingerprint density at radius 3 is 2.00 bits per heavy atom. The molecule has 0 radical (unpaired) electrons. The minimum Gasteiger partial charge on any atom is -0.566 e. The van der Waals surface area contributed by atoms with Crippen LogP contribution in [-0.4, -0.2) is 13.2 Å². The van der Waals surface area contributed by atoms with Crippen LogP contribution < -0.4 is 10.6 Å². The van der Waals surface area contributed by atoms with Crippen molar-refractivity contribution in [3.63, 3.8) is 0 Å². The molecule has 5 heteroatoms. The van der Waals surface area contributed by atoms with E-state index in [9.17, 15) is 9.46 Å². The lowest BCUT2D eigenvalue weighted by Crippen LogP contribution is -2.59. The molecule has 1 atom stereocenters. The van der Waals surface area contributed by atoms with Crippen molar-refractivity contribution in [2.24, 2.45) is 0 Å². The fourth-order valence-electron chi connectivity index (χ4n) is 1.01. The summed E-state index contributed by atoms with van der Waals surface area (Å²) < 4.78 is 12.9. The molecule has 0 aromatic carbocycles. The van der Waals surface area contributed by atoms with Gasteiger partial charge in [0.15, 0.2) is 0 Å². The Balaban J connectivity index is 0.000000187. The van der Waals surface area contributed by atoms with Gasteiger partial charge in [0.05, 0.1) is 13.2 Å². The van der Waals surface area contributed by atoms with Gasteiger partial charge in [-0.2, -0.15) is 4.52 Å². The molecule has 0 amide bonds. The zero-order chi connectivity index (χ0) is 8.69. The van der Waals surface area contributed by atoms with Crippen molar-refractivity contribution < 1.29 is 19.7 Å². The number of hydrogen-bond acceptors (Lipinski definition) is 3. The van der Waals surface area contributed by atoms with Crippen molar-refractivity contribution in [2.75, 3.05) is 7.11 Å². The van der Waals surface area contributed by atoms with Gasteiger partial charge in [-0.3, -0.25) is 0 Å². The first kappa shape index (κ1) is 11.0. The Morgan fingerprint density at radius 1 is 1.55 bits per heavy atom. The molecule has 0 aromatic rings. The van der Waals surface area contributed by atoms with Gasteiger partial charge in [-0.05, 0) is 30.2 Å². The first-order valence-electron chi connectivity index (χ1n) is 3.68. The minimum atomic E-state index is -2.60. The molecule has 1 fully saturated rings. The van der Waals surface area contributed by atoms with E-state index in [1.54, 1.807) is 0 Å². The molecule has 1 rings (SSSR count). The second-order valence-corrected chi connectivity index (χ2v) is 3.37. The molecule has 0 aliphatic heterocycles. The summed E-state index contributed by atoms with van der Waals surface area (Å²) in [6.45, 7) is 0. The van der Waals surface area contributed by atoms with Gasteiger partial charge in [-0.25, -0.2) is 0 Å². The topological polar surface area (TPSA) is 77.0 Å². The van der Waals surface area contributed by atoms with E-state index < -0.39 is 8.25 Å². The van der Waals surface area contributed by atoms with Gasteiger partial charge < -0.3 is 10.6 Å². The van der Waals surface area contributed by atoms with E-state index in [0.717, 1.165) is 13.2 Å². The smallest absolute Gasteiger partial charge is 0.488 e. The first-order valence-corrected chi connectivity index (χ1v) is 4.78. The molecule has 0 saturated heterocycles. The summed E-state index contributed by atoms with van der Waals surface area (Å²) in [5.74, 6) is 0. The maximum absolute atomic E-state index is 9.18. The Bertz CT molecular complexity index is 114. The van der Waals surface area contributed by atoms with Crippen LogP contribution in [0.2, 0.25) is 0 Å². The van der Waals surface area contributed by atoms with Gasteiger partial charge in [-0.1, -0.05) is 0 Å². The quantitative estimate of drug-likeness (QED) is 0.568. The molecule has 66 valence electrons. The second-order valence-electron chi connectivity index (χ2n) is 2.56. The van der Waals surface area contributed by atoms with Crippen LogP contribution in [0.3, 0.4) is 0 Å². The van der Waals surface area contributed by atoms with Crippen molar-refractivity contribution in [3.8, 4) is 0 Å². The maximum atomic E-state index is 9.18. The second kappa shape index (κ2) is 6.68. The third-order valence-electron chi connectivity index (χ3n) is 1.62. The third-order valence-corrected chi connectivity index (χ3v) is 1.92. The molecule has 0 aromatic heterocycles. The largest absolute Gasteiger partial charge is 0.566 e. The van der Waals surface area contributed by atoms with E-state index >= 15 is 0 Å². The van der Waals surface area contributed by atoms with E-state index in [1.165, 1.54) is 25.7 Å². The number of rotatable bonds is 1. The zero-order valence-corrected chi connectivity index (χ0v) is 7.68. The molecule has 1 unspecified atom stereocenters. The molecular weight excluding hydrogens is 165 g/mol. The zero-order valence-electron chi connectivity index (χ0n) is 6.78. The van der Waals surface area contributed by atoms with Crippen LogP contribution in [0, 0.1) is 0 Å². The van der Waals surface area contributed by atoms with Crippen LogP contribution in [0.4, 0.5) is 0 Å². The highest BCUT2D eigenvalue weighted by Gasteiger charge is 2.11. The van der Waals surface area contributed by atoms with Crippen molar-refractivity contribution in [3.05, 3.63) is 0 Å². The van der Waals surface area contributed by atoms with Crippen LogP contribution in [0.15, 0.2) is 0 Å². The molecule has 0 bridgehead atoms. The summed E-state index contributed by atoms with van der Waals surface area (Å²) in [6, 6.07) is 0.796. The summed E-state index contributed by atoms with van der Waals surface area (Å²) in [5, 5.41) is 0. The standard InChI is InChI=1S/C5H11N.CH3O3P/c6-5-3-1-2-4-5;1-4-5(2)3/h5H,1-4,6H2;1H3/p+1. The van der Waals surface area contributed by atoms with Crippen molar-refractivity contribution in [2.45, 2.75) is 31.7 Å². The summed E-state index contributed by atoms with van der Waals surface area (Å²) in [6.07, 6.45) is 5.60. The Labute approximate surface area is 67.7 Å². The normalized spacial score (nSPS) is 19.0. The first-order chi connectivity index (χ1) is 5.16. The summed E-state index contributed by atoms with van der Waals surface area (Å²) in [7, 11) is -1.50. The highest BCUT2D eigenvalue weighted by atomic mass is 31.1. The highest BCUT2D eigenvalue weighted by Crippen LogP contribution is 2.13. The number of hydrogen-bond donors (Lipinski definition) is 1. The lowest BCUT2D eigenvalue weighted by atomic mass is 10.3. The van der Waals surface area contributed by atoms with Gasteiger partial charge in [0, 0.05) is 0 Å². The lowest BCUT2D eigenvalue weighted by Gasteiger charge is -1.88. The van der Waals surface area contributed by atoms with E-state index in [1.807, 2.05) is 0 Å². The third kappa shape index (κ3) is 7.88. The van der Waals surface area contributed by atoms with Crippen molar-refractivity contribution in [1.29, 1.82) is 0 Å². The average molecular weight is 180 g/mol. The Hall–Kier alpha value is -0.0200. The minimum absolute atomic E-state index is 0.796. The number of quaternary nitrogens is 1. The van der Waals surface area contributed by atoms with E-state index in [0.29, 0.717) is 0 Å². The van der Waals surface area contributed by atoms with E-state index in [-0.39, 0.29) is 0 Å². The van der Waals surface area contributed by atoms with Crippen LogP contribution in [-0.2, 0) is 9.09 Å². The predicted octanol–water partition coefficient (Wildman–Crippen LogP) is -0.179. The van der Waals surface area contributed by atoms with Gasteiger partial charge >= 0.3 is 8.25 Å². The van der Waals surface area contributed by atoms with Gasteiger partial charge in [0.25, 0.3) is 0 Å². The van der Waals surface area contributed by atoms with E-state index in [4.69, 9.17) is 0 Å². The molecule has 0 spiro atoms. The average Bonchev–Trinajstić information content (AvgIpc) is 2.41. The fraction of sp³-hybridized carbons (Fsp3) is 1.00. The van der Waals surface area contributed by atoms with Gasteiger partial charge in [-0.15, -0.1) is 0 Å². The molecule has 3 N–H and O–H groups in total. The summed E-state index contributed by atoms with van der Waals surface area (Å²) in [4.78, 5) is 9.18. The highest BCUT2D eigenvalue weighted by molar-refractivity contribution is 7.30. The molecule has 4 nitrogen and oxygen atoms in total. The molecule has 0 heterocycles. The lowest BCUT2D eigenvalue weighted by molar-refractivity contribution is -0.417. The van der Waals surface area contributed by atoms with Crippen LogP contribution in [0.1, 0.15) is 25.7 Å². The molecule has 11 heavy (non-hydrogen) atoms. The molecular formula is C6H15NO3P+. The van der Waals surface area contributed by atoms with Gasteiger partial charge in [0.2, 0.25) is 0 Å². The van der Waals surface area contributed by atoms with Crippen molar-refractivity contribution >= 4 is 8.25 Å². The Morgan fingerprint density at radius 2 is 1.91 bits per heavy atom. The summed E-state index contributed by atoms with van der Waals surface area (Å²) >= 11 is 0. The monoisotopic (exact) mass is 180 g/mol.